The van der Waals surface area contributed by atoms with Crippen molar-refractivity contribution in [2.24, 2.45) is 16.2 Å². The minimum Gasteiger partial charge on any atom is -0.494 e. The number of aliphatic hydroxyl groups excluding tert-OH is 2. The summed E-state index contributed by atoms with van der Waals surface area (Å²) in [5, 5.41) is 21.8. The van der Waals surface area contributed by atoms with Gasteiger partial charge in [-0.3, -0.25) is 4.79 Å². The van der Waals surface area contributed by atoms with Crippen LogP contribution < -0.4 is 4.74 Å². The minimum atomic E-state index is -0.870. The first-order valence-electron chi connectivity index (χ1n) is 14.4. The number of hydrogen-bond acceptors (Lipinski definition) is 6. The lowest BCUT2D eigenvalue weighted by molar-refractivity contribution is -0.165. The molecule has 2 aromatic carbocycles. The Morgan fingerprint density at radius 3 is 2.02 bits per heavy atom. The molecule has 6 heteroatoms. The van der Waals surface area contributed by atoms with Gasteiger partial charge in [0.2, 0.25) is 0 Å². The first-order valence-corrected chi connectivity index (χ1v) is 14.4. The van der Waals surface area contributed by atoms with Crippen molar-refractivity contribution in [3.8, 4) is 17.1 Å². The zero-order chi connectivity index (χ0) is 29.6. The van der Waals surface area contributed by atoms with E-state index in [4.69, 9.17) is 13.9 Å². The molecule has 3 aromatic rings. The molecule has 0 radical (unpaired) electrons. The summed E-state index contributed by atoms with van der Waals surface area (Å²) >= 11 is 0. The molecule has 6 nitrogen and oxygen atoms in total. The zero-order valence-corrected chi connectivity index (χ0v) is 25.3. The van der Waals surface area contributed by atoms with E-state index in [9.17, 15) is 15.0 Å². The molecule has 0 bridgehead atoms. The third-order valence-corrected chi connectivity index (χ3v) is 7.79. The number of ether oxygens (including phenoxy) is 2. The van der Waals surface area contributed by atoms with Gasteiger partial charge in [-0.1, -0.05) is 59.7 Å². The van der Waals surface area contributed by atoms with Crippen LogP contribution in [0.4, 0.5) is 0 Å². The van der Waals surface area contributed by atoms with Crippen molar-refractivity contribution in [1.29, 1.82) is 0 Å². The number of esters is 1. The molecule has 220 valence electrons. The lowest BCUT2D eigenvalue weighted by Gasteiger charge is -2.43. The minimum absolute atomic E-state index is 0.00991. The number of rotatable bonds is 13. The Labute approximate surface area is 239 Å². The molecule has 0 saturated carbocycles. The van der Waals surface area contributed by atoms with E-state index in [1.165, 1.54) is 0 Å². The molecule has 3 rings (SSSR count). The fraction of sp³-hybridized carbons (Fsp3) is 0.559. The van der Waals surface area contributed by atoms with Crippen LogP contribution in [0.5, 0.6) is 5.75 Å². The Bertz CT molecular complexity index is 1180. The molecule has 0 saturated heterocycles. The Morgan fingerprint density at radius 2 is 1.45 bits per heavy atom. The van der Waals surface area contributed by atoms with Crippen LogP contribution in [-0.2, 0) is 9.53 Å². The van der Waals surface area contributed by atoms with Crippen molar-refractivity contribution in [3.05, 3.63) is 54.6 Å². The summed E-state index contributed by atoms with van der Waals surface area (Å²) in [6, 6.07) is 17.7. The summed E-state index contributed by atoms with van der Waals surface area (Å²) in [5.41, 5.74) is 0.969. The predicted molar refractivity (Wildman–Crippen MR) is 160 cm³/mol. The van der Waals surface area contributed by atoms with Gasteiger partial charge in [0.1, 0.15) is 17.1 Å². The van der Waals surface area contributed by atoms with Gasteiger partial charge < -0.3 is 24.1 Å². The van der Waals surface area contributed by atoms with Gasteiger partial charge >= 0.3 is 5.97 Å². The van der Waals surface area contributed by atoms with Crippen molar-refractivity contribution >= 4 is 16.9 Å². The fourth-order valence-corrected chi connectivity index (χ4v) is 5.03. The average Bonchev–Trinajstić information content (AvgIpc) is 3.31. The van der Waals surface area contributed by atoms with Gasteiger partial charge in [-0.2, -0.15) is 0 Å². The maximum absolute atomic E-state index is 13.0. The quantitative estimate of drug-likeness (QED) is 0.166. The third kappa shape index (κ3) is 8.58. The number of furan rings is 1. The van der Waals surface area contributed by atoms with Crippen molar-refractivity contribution < 1.29 is 28.9 Å². The number of fused-ring (bicyclic) bond motifs is 1. The monoisotopic (exact) mass is 552 g/mol. The van der Waals surface area contributed by atoms with Gasteiger partial charge in [0, 0.05) is 10.9 Å². The standard InChI is InChI=1S/C34H48O6/c1-32(2,3)23-34(7,33(4,5)6)31(37)39-21-11-14-28(36)27(35)13-10-20-38-26-18-16-24(17-19-26)30-22-25-12-8-9-15-29(25)40-30/h8-9,12,15-19,22,27-28,35-36H,10-11,13-14,20-21,23H2,1-7H3. The van der Waals surface area contributed by atoms with Crippen molar-refractivity contribution in [1.82, 2.24) is 0 Å². The molecule has 0 amide bonds. The predicted octanol–water partition coefficient (Wildman–Crippen LogP) is 7.79. The molecule has 0 aliphatic rings. The van der Waals surface area contributed by atoms with E-state index in [0.717, 1.165) is 34.5 Å². The first-order chi connectivity index (χ1) is 18.7. The molecule has 0 aliphatic carbocycles. The Morgan fingerprint density at radius 1 is 0.850 bits per heavy atom. The highest BCUT2D eigenvalue weighted by Crippen LogP contribution is 2.47. The summed E-state index contributed by atoms with van der Waals surface area (Å²) < 4.78 is 17.4. The lowest BCUT2D eigenvalue weighted by atomic mass is 9.61. The van der Waals surface area contributed by atoms with E-state index in [2.05, 4.69) is 41.5 Å². The number of hydrogen-bond donors (Lipinski definition) is 2. The van der Waals surface area contributed by atoms with Crippen LogP contribution in [0.1, 0.15) is 80.6 Å². The highest BCUT2D eigenvalue weighted by atomic mass is 16.5. The van der Waals surface area contributed by atoms with Crippen LogP contribution in [0.2, 0.25) is 0 Å². The largest absolute Gasteiger partial charge is 0.494 e. The van der Waals surface area contributed by atoms with Gasteiger partial charge in [-0.25, -0.2) is 0 Å². The van der Waals surface area contributed by atoms with Gasteiger partial charge in [-0.05, 0) is 86.3 Å². The molecule has 3 atom stereocenters. The Hall–Kier alpha value is -2.83. The number of aliphatic hydroxyl groups is 2. The van der Waals surface area contributed by atoms with Gasteiger partial charge in [-0.15, -0.1) is 0 Å². The van der Waals surface area contributed by atoms with Crippen molar-refractivity contribution in [2.75, 3.05) is 13.2 Å². The van der Waals surface area contributed by atoms with Crippen LogP contribution in [0.3, 0.4) is 0 Å². The SMILES string of the molecule is CC(C)(C)CC(C)(C(=O)OCCCC(O)C(O)CCCOc1ccc(-c2cc3ccccc3o2)cc1)C(C)(C)C. The number of carbonyl (C=O) groups is 1. The highest BCUT2D eigenvalue weighted by Gasteiger charge is 2.47. The van der Waals surface area contributed by atoms with Crippen LogP contribution in [-0.4, -0.2) is 41.6 Å². The molecule has 1 aromatic heterocycles. The normalized spacial score (nSPS) is 15.4. The Kier molecular flexibility index (Phi) is 10.5. The molecule has 40 heavy (non-hydrogen) atoms. The topological polar surface area (TPSA) is 89.1 Å². The summed E-state index contributed by atoms with van der Waals surface area (Å²) in [6.07, 6.45) is 0.886. The second-order valence-corrected chi connectivity index (χ2v) is 13.4. The molecule has 1 heterocycles. The van der Waals surface area contributed by atoms with E-state index in [1.54, 1.807) is 0 Å². The van der Waals surface area contributed by atoms with Crippen LogP contribution in [0.25, 0.3) is 22.3 Å². The summed E-state index contributed by atoms with van der Waals surface area (Å²) in [6.45, 7) is 15.3. The maximum atomic E-state index is 13.0. The van der Waals surface area contributed by atoms with Crippen LogP contribution in [0, 0.1) is 16.2 Å². The summed E-state index contributed by atoms with van der Waals surface area (Å²) in [5.74, 6) is 1.35. The second-order valence-electron chi connectivity index (χ2n) is 13.4. The van der Waals surface area contributed by atoms with Crippen molar-refractivity contribution in [3.63, 3.8) is 0 Å². The fourth-order valence-electron chi connectivity index (χ4n) is 5.03. The maximum Gasteiger partial charge on any atom is 0.312 e. The van der Waals surface area contributed by atoms with E-state index < -0.39 is 17.6 Å². The second kappa shape index (κ2) is 13.2. The molecule has 2 N–H and O–H groups in total. The van der Waals surface area contributed by atoms with E-state index >= 15 is 0 Å². The molecule has 0 spiro atoms. The van der Waals surface area contributed by atoms with E-state index in [0.29, 0.717) is 32.3 Å². The molecular weight excluding hydrogens is 504 g/mol. The van der Waals surface area contributed by atoms with Crippen LogP contribution in [0.15, 0.2) is 59.0 Å². The summed E-state index contributed by atoms with van der Waals surface area (Å²) in [7, 11) is 0. The zero-order valence-electron chi connectivity index (χ0n) is 25.3. The molecular formula is C34H48O6. The number of carbonyl (C=O) groups excluding carboxylic acids is 1. The average molecular weight is 553 g/mol. The first kappa shape index (κ1) is 31.7. The van der Waals surface area contributed by atoms with E-state index in [1.807, 2.05) is 61.5 Å². The number of benzene rings is 2. The van der Waals surface area contributed by atoms with Gasteiger partial charge in [0.15, 0.2) is 0 Å². The van der Waals surface area contributed by atoms with Gasteiger partial charge in [0.05, 0.1) is 30.8 Å². The van der Waals surface area contributed by atoms with Crippen molar-refractivity contribution in [2.45, 2.75) is 92.8 Å². The molecule has 3 unspecified atom stereocenters. The smallest absolute Gasteiger partial charge is 0.312 e. The lowest BCUT2D eigenvalue weighted by Crippen LogP contribution is -2.44. The summed E-state index contributed by atoms with van der Waals surface area (Å²) in [4.78, 5) is 13.0. The highest BCUT2D eigenvalue weighted by molar-refractivity contribution is 5.82. The number of para-hydroxylation sites is 1. The molecule has 0 fully saturated rings. The van der Waals surface area contributed by atoms with Gasteiger partial charge in [0.25, 0.3) is 0 Å². The van der Waals surface area contributed by atoms with E-state index in [-0.39, 0.29) is 23.4 Å². The van der Waals surface area contributed by atoms with Crippen LogP contribution >= 0.6 is 0 Å². The third-order valence-electron chi connectivity index (χ3n) is 7.79. The molecule has 0 aliphatic heterocycles. The Balaban J connectivity index is 1.35.